The van der Waals surface area contributed by atoms with E-state index in [0.29, 0.717) is 24.2 Å². The van der Waals surface area contributed by atoms with E-state index in [-0.39, 0.29) is 17.1 Å². The summed E-state index contributed by atoms with van der Waals surface area (Å²) in [6.45, 7) is -0.361. The number of rotatable bonds is 3. The average Bonchev–Trinajstić information content (AvgIpc) is 2.59. The molecule has 158 valence electrons. The van der Waals surface area contributed by atoms with Crippen LogP contribution >= 0.6 is 0 Å². The highest BCUT2D eigenvalue weighted by Crippen LogP contribution is 2.35. The highest BCUT2D eigenvalue weighted by Gasteiger charge is 2.27. The summed E-state index contributed by atoms with van der Waals surface area (Å²) in [5.41, 5.74) is 6.61. The smallest absolute Gasteiger partial charge is 0.401 e. The number of fused-ring (bicyclic) bond motifs is 1. The van der Waals surface area contributed by atoms with Crippen LogP contribution in [0.4, 0.5) is 22.0 Å². The van der Waals surface area contributed by atoms with Crippen LogP contribution in [0.25, 0.3) is 11.1 Å². The van der Waals surface area contributed by atoms with E-state index >= 15 is 0 Å². The van der Waals surface area contributed by atoms with Gasteiger partial charge in [0.15, 0.2) is 0 Å². The van der Waals surface area contributed by atoms with E-state index in [4.69, 9.17) is 10.5 Å². The zero-order chi connectivity index (χ0) is 21.8. The number of pyridine rings is 1. The maximum absolute atomic E-state index is 14.0. The Kier molecular flexibility index (Phi) is 7.12. The van der Waals surface area contributed by atoms with Crippen LogP contribution in [0, 0.1) is 11.6 Å². The minimum absolute atomic E-state index is 0.00521. The lowest BCUT2D eigenvalue weighted by atomic mass is 9.95. The summed E-state index contributed by atoms with van der Waals surface area (Å²) < 4.78 is 66.3. The van der Waals surface area contributed by atoms with Gasteiger partial charge in [0.25, 0.3) is 5.91 Å². The molecule has 0 saturated carbocycles. The Morgan fingerprint density at radius 1 is 1.21 bits per heavy atom. The molecule has 0 bridgehead atoms. The molecule has 1 aromatic carbocycles. The molecule has 10 heteroatoms. The van der Waals surface area contributed by atoms with Gasteiger partial charge in [-0.2, -0.15) is 13.2 Å². The molecule has 0 radical (unpaired) electrons. The lowest BCUT2D eigenvalue weighted by Crippen LogP contribution is -2.27. The van der Waals surface area contributed by atoms with Gasteiger partial charge < -0.3 is 15.4 Å². The Morgan fingerprint density at radius 3 is 2.41 bits per heavy atom. The molecule has 2 heterocycles. The molecular formula is C19H20F5N3O2. The lowest BCUT2D eigenvalue weighted by molar-refractivity contribution is -0.140. The van der Waals surface area contributed by atoms with Crippen LogP contribution in [-0.2, 0) is 6.42 Å². The Bertz CT molecular complexity index is 885. The molecule has 29 heavy (non-hydrogen) atoms. The van der Waals surface area contributed by atoms with Crippen LogP contribution in [0.2, 0.25) is 0 Å². The molecule has 0 atom stereocenters. The van der Waals surface area contributed by atoms with Crippen molar-refractivity contribution in [1.29, 1.82) is 0 Å². The number of ether oxygens (including phenoxy) is 1. The van der Waals surface area contributed by atoms with Gasteiger partial charge in [0.1, 0.15) is 17.3 Å². The van der Waals surface area contributed by atoms with Crippen molar-refractivity contribution in [3.05, 3.63) is 47.2 Å². The van der Waals surface area contributed by atoms with Crippen molar-refractivity contribution < 1.29 is 31.5 Å². The van der Waals surface area contributed by atoms with E-state index in [1.165, 1.54) is 32.3 Å². The molecule has 0 spiro atoms. The first-order chi connectivity index (χ1) is 13.5. The number of nitrogens with zero attached hydrogens (tertiary/aromatic N) is 2. The number of primary amides is 1. The summed E-state index contributed by atoms with van der Waals surface area (Å²) in [5, 5.41) is 0. The van der Waals surface area contributed by atoms with Crippen molar-refractivity contribution in [2.45, 2.75) is 19.0 Å². The molecule has 2 N–H and O–H groups in total. The quantitative estimate of drug-likeness (QED) is 0.776. The maximum atomic E-state index is 14.0. The minimum atomic E-state index is -4.05. The zero-order valence-electron chi connectivity index (χ0n) is 15.8. The van der Waals surface area contributed by atoms with Crippen LogP contribution in [-0.4, -0.2) is 49.2 Å². The molecule has 0 unspecified atom stereocenters. The standard InChI is InChI=1S/C15H12F2N2O2.C4H8F3N/c16-8-3-4-9(12(17)6-8)11-7-13(14(18)20)19-15-10(11)2-1-5-21-15;1-8(2)3-4(5,6)7/h3-4,6-7H,1-2,5H2,(H2,18,20);3H2,1-2H3. The number of amides is 1. The molecule has 1 amide bonds. The number of carbonyl (C=O) groups excluding carboxylic acids is 1. The number of hydrogen-bond acceptors (Lipinski definition) is 4. The monoisotopic (exact) mass is 417 g/mol. The fourth-order valence-corrected chi connectivity index (χ4v) is 2.76. The van der Waals surface area contributed by atoms with Gasteiger partial charge in [-0.15, -0.1) is 0 Å². The SMILES string of the molecule is CN(C)CC(F)(F)F.NC(=O)c1cc(-c2ccc(F)cc2F)c2c(n1)OCCC2. The number of nitrogens with two attached hydrogens (primary N) is 1. The molecule has 2 aromatic rings. The summed E-state index contributed by atoms with van der Waals surface area (Å²) in [7, 11) is 2.76. The van der Waals surface area contributed by atoms with Crippen LogP contribution in [0.1, 0.15) is 22.5 Å². The van der Waals surface area contributed by atoms with E-state index in [9.17, 15) is 26.7 Å². The molecule has 1 aromatic heterocycles. The summed E-state index contributed by atoms with van der Waals surface area (Å²) in [4.78, 5) is 16.5. The van der Waals surface area contributed by atoms with Gasteiger partial charge in [-0.3, -0.25) is 4.79 Å². The van der Waals surface area contributed by atoms with Crippen molar-refractivity contribution in [3.63, 3.8) is 0 Å². The third-order valence-electron chi connectivity index (χ3n) is 3.87. The van der Waals surface area contributed by atoms with Crippen LogP contribution < -0.4 is 10.5 Å². The van der Waals surface area contributed by atoms with E-state index < -0.39 is 30.3 Å². The zero-order valence-corrected chi connectivity index (χ0v) is 15.8. The maximum Gasteiger partial charge on any atom is 0.401 e. The fourth-order valence-electron chi connectivity index (χ4n) is 2.76. The second-order valence-electron chi connectivity index (χ2n) is 6.63. The predicted molar refractivity (Wildman–Crippen MR) is 96.5 cm³/mol. The summed E-state index contributed by atoms with van der Waals surface area (Å²) in [5.74, 6) is -1.80. The number of aromatic nitrogens is 1. The third kappa shape index (κ3) is 6.38. The third-order valence-corrected chi connectivity index (χ3v) is 3.87. The van der Waals surface area contributed by atoms with Gasteiger partial charge in [-0.1, -0.05) is 0 Å². The van der Waals surface area contributed by atoms with Gasteiger partial charge in [-0.05, 0) is 50.7 Å². The highest BCUT2D eigenvalue weighted by atomic mass is 19.4. The number of hydrogen-bond donors (Lipinski definition) is 1. The second kappa shape index (κ2) is 9.17. The van der Waals surface area contributed by atoms with E-state index in [0.717, 1.165) is 17.4 Å². The van der Waals surface area contributed by atoms with E-state index in [1.54, 1.807) is 0 Å². The number of carbonyl (C=O) groups is 1. The lowest BCUT2D eigenvalue weighted by Gasteiger charge is -2.20. The van der Waals surface area contributed by atoms with Gasteiger partial charge in [0, 0.05) is 17.2 Å². The van der Waals surface area contributed by atoms with Crippen LogP contribution in [0.15, 0.2) is 24.3 Å². The van der Waals surface area contributed by atoms with Crippen molar-refractivity contribution in [1.82, 2.24) is 9.88 Å². The van der Waals surface area contributed by atoms with Gasteiger partial charge >= 0.3 is 6.18 Å². The molecule has 1 aliphatic rings. The molecule has 3 rings (SSSR count). The molecular weight excluding hydrogens is 397 g/mol. The first-order valence-corrected chi connectivity index (χ1v) is 8.61. The van der Waals surface area contributed by atoms with Crippen molar-refractivity contribution in [3.8, 4) is 17.0 Å². The molecule has 0 aliphatic carbocycles. The van der Waals surface area contributed by atoms with Gasteiger partial charge in [0.2, 0.25) is 5.88 Å². The number of benzene rings is 1. The van der Waals surface area contributed by atoms with Crippen molar-refractivity contribution in [2.75, 3.05) is 27.2 Å². The molecule has 1 aliphatic heterocycles. The normalized spacial score (nSPS) is 13.2. The second-order valence-corrected chi connectivity index (χ2v) is 6.63. The predicted octanol–water partition coefficient (Wildman–Crippen LogP) is 3.56. The van der Waals surface area contributed by atoms with Crippen LogP contribution in [0.5, 0.6) is 5.88 Å². The Hall–Kier alpha value is -2.75. The first-order valence-electron chi connectivity index (χ1n) is 8.61. The number of halogens is 5. The van der Waals surface area contributed by atoms with Crippen molar-refractivity contribution in [2.24, 2.45) is 5.73 Å². The van der Waals surface area contributed by atoms with Crippen molar-refractivity contribution >= 4 is 5.91 Å². The van der Waals surface area contributed by atoms with E-state index in [1.807, 2.05) is 0 Å². The average molecular weight is 417 g/mol. The Morgan fingerprint density at radius 2 is 1.90 bits per heavy atom. The molecule has 0 saturated heterocycles. The summed E-state index contributed by atoms with van der Waals surface area (Å²) >= 11 is 0. The largest absolute Gasteiger partial charge is 0.477 e. The Balaban J connectivity index is 0.000000321. The first kappa shape index (κ1) is 22.5. The van der Waals surface area contributed by atoms with Gasteiger partial charge in [0.05, 0.1) is 13.2 Å². The highest BCUT2D eigenvalue weighted by molar-refractivity contribution is 5.93. The summed E-state index contributed by atoms with van der Waals surface area (Å²) in [6, 6.07) is 4.72. The molecule has 0 fully saturated rings. The minimum Gasteiger partial charge on any atom is -0.477 e. The van der Waals surface area contributed by atoms with Gasteiger partial charge in [-0.25, -0.2) is 13.8 Å². The Labute approximate surface area is 164 Å². The molecule has 5 nitrogen and oxygen atoms in total. The topological polar surface area (TPSA) is 68.5 Å². The fraction of sp³-hybridized carbons (Fsp3) is 0.368. The summed E-state index contributed by atoms with van der Waals surface area (Å²) in [6.07, 6.45) is -2.64. The van der Waals surface area contributed by atoms with E-state index in [2.05, 4.69) is 4.98 Å². The van der Waals surface area contributed by atoms with Crippen LogP contribution in [0.3, 0.4) is 0 Å². The number of alkyl halides is 3.